The molecular weight excluding hydrogens is 459 g/mol. The summed E-state index contributed by atoms with van der Waals surface area (Å²) in [7, 11) is 1.96. The zero-order chi connectivity index (χ0) is 18.2. The summed E-state index contributed by atoms with van der Waals surface area (Å²) in [5.41, 5.74) is 2.48. The van der Waals surface area contributed by atoms with Gasteiger partial charge in [0.25, 0.3) is 0 Å². The third-order valence-electron chi connectivity index (χ3n) is 3.86. The standard InChI is InChI=1S/C18H26N6S.HI/c1-6-9-19-18(21-12-17-23-22-14(3)24(17)4)20-11-15-8-7-13(2)10-16(15)25-5;/h6-8,10H,1,9,11-12H2,2-5H3,(H2,19,20,21);1H. The molecule has 2 rings (SSSR count). The molecule has 142 valence electrons. The predicted octanol–water partition coefficient (Wildman–Crippen LogP) is 3.19. The number of hydrogen-bond acceptors (Lipinski definition) is 4. The zero-order valence-corrected chi connectivity index (χ0v) is 18.9. The molecule has 1 aromatic heterocycles. The minimum Gasteiger partial charge on any atom is -0.353 e. The lowest BCUT2D eigenvalue weighted by Crippen LogP contribution is -2.37. The summed E-state index contributed by atoms with van der Waals surface area (Å²) in [6.07, 6.45) is 3.90. The van der Waals surface area contributed by atoms with Crippen LogP contribution in [0.15, 0.2) is 40.7 Å². The van der Waals surface area contributed by atoms with Crippen molar-refractivity contribution in [2.75, 3.05) is 12.8 Å². The lowest BCUT2D eigenvalue weighted by Gasteiger charge is -2.12. The molecule has 0 spiro atoms. The van der Waals surface area contributed by atoms with Gasteiger partial charge in [-0.3, -0.25) is 0 Å². The van der Waals surface area contributed by atoms with E-state index in [0.29, 0.717) is 19.6 Å². The predicted molar refractivity (Wildman–Crippen MR) is 120 cm³/mol. The average Bonchev–Trinajstić information content (AvgIpc) is 2.93. The van der Waals surface area contributed by atoms with E-state index in [0.717, 1.165) is 17.6 Å². The molecule has 26 heavy (non-hydrogen) atoms. The maximum atomic E-state index is 4.70. The van der Waals surface area contributed by atoms with Gasteiger partial charge in [0.05, 0.1) is 13.1 Å². The summed E-state index contributed by atoms with van der Waals surface area (Å²) in [5, 5.41) is 14.8. The van der Waals surface area contributed by atoms with Gasteiger partial charge in [-0.25, -0.2) is 4.99 Å². The Balaban J connectivity index is 0.00000338. The topological polar surface area (TPSA) is 67.1 Å². The van der Waals surface area contributed by atoms with Crippen LogP contribution < -0.4 is 10.6 Å². The normalized spacial score (nSPS) is 11.0. The number of nitrogens with one attached hydrogen (secondary N) is 2. The van der Waals surface area contributed by atoms with Crippen LogP contribution in [-0.2, 0) is 20.1 Å². The van der Waals surface area contributed by atoms with Crippen LogP contribution in [0.3, 0.4) is 0 Å². The van der Waals surface area contributed by atoms with E-state index in [4.69, 9.17) is 4.99 Å². The van der Waals surface area contributed by atoms with E-state index in [1.54, 1.807) is 11.8 Å². The van der Waals surface area contributed by atoms with Gasteiger partial charge >= 0.3 is 0 Å². The molecule has 0 bridgehead atoms. The Morgan fingerprint density at radius 2 is 2.08 bits per heavy atom. The number of aromatic nitrogens is 3. The average molecular weight is 486 g/mol. The first kappa shape index (κ1) is 22.5. The zero-order valence-electron chi connectivity index (χ0n) is 15.7. The summed E-state index contributed by atoms with van der Waals surface area (Å²) < 4.78 is 1.96. The van der Waals surface area contributed by atoms with Crippen LogP contribution in [0, 0.1) is 13.8 Å². The van der Waals surface area contributed by atoms with Crippen molar-refractivity contribution in [3.05, 3.63) is 53.6 Å². The highest BCUT2D eigenvalue weighted by molar-refractivity contribution is 14.0. The van der Waals surface area contributed by atoms with Crippen molar-refractivity contribution >= 4 is 41.7 Å². The quantitative estimate of drug-likeness (QED) is 0.207. The van der Waals surface area contributed by atoms with Crippen LogP contribution in [0.4, 0.5) is 0 Å². The lowest BCUT2D eigenvalue weighted by atomic mass is 10.1. The molecule has 2 aromatic rings. The van der Waals surface area contributed by atoms with E-state index >= 15 is 0 Å². The molecule has 0 atom stereocenters. The van der Waals surface area contributed by atoms with Crippen LogP contribution in [0.2, 0.25) is 0 Å². The second kappa shape index (κ2) is 11.2. The van der Waals surface area contributed by atoms with Gasteiger partial charge in [-0.2, -0.15) is 0 Å². The molecule has 0 unspecified atom stereocenters. The van der Waals surface area contributed by atoms with Crippen molar-refractivity contribution in [2.45, 2.75) is 31.8 Å². The summed E-state index contributed by atoms with van der Waals surface area (Å²) in [6, 6.07) is 6.46. The Kier molecular flexibility index (Phi) is 9.71. The molecule has 0 aliphatic rings. The molecule has 2 N–H and O–H groups in total. The van der Waals surface area contributed by atoms with E-state index in [2.05, 4.69) is 58.8 Å². The number of aliphatic imine (C=N–C) groups is 1. The van der Waals surface area contributed by atoms with Gasteiger partial charge in [0.1, 0.15) is 5.82 Å². The van der Waals surface area contributed by atoms with E-state index in [9.17, 15) is 0 Å². The Bertz CT molecular complexity index is 756. The largest absolute Gasteiger partial charge is 0.353 e. The molecule has 1 heterocycles. The summed E-state index contributed by atoms with van der Waals surface area (Å²) in [5.74, 6) is 2.48. The third kappa shape index (κ3) is 6.31. The first-order valence-corrected chi connectivity index (χ1v) is 9.39. The third-order valence-corrected chi connectivity index (χ3v) is 4.68. The van der Waals surface area contributed by atoms with Gasteiger partial charge < -0.3 is 15.2 Å². The lowest BCUT2D eigenvalue weighted by molar-refractivity contribution is 0.721. The number of hydrogen-bond donors (Lipinski definition) is 2. The van der Waals surface area contributed by atoms with Crippen molar-refractivity contribution in [3.63, 3.8) is 0 Å². The minimum absolute atomic E-state index is 0. The highest BCUT2D eigenvalue weighted by Crippen LogP contribution is 2.22. The number of guanidine groups is 1. The van der Waals surface area contributed by atoms with Crippen LogP contribution >= 0.6 is 35.7 Å². The Morgan fingerprint density at radius 3 is 2.69 bits per heavy atom. The molecule has 0 radical (unpaired) electrons. The molecule has 0 fully saturated rings. The van der Waals surface area contributed by atoms with Gasteiger partial charge in [-0.1, -0.05) is 18.2 Å². The first-order valence-electron chi connectivity index (χ1n) is 8.16. The van der Waals surface area contributed by atoms with E-state index in [1.165, 1.54) is 16.0 Å². The molecule has 6 nitrogen and oxygen atoms in total. The number of benzene rings is 1. The van der Waals surface area contributed by atoms with Crippen molar-refractivity contribution in [1.82, 2.24) is 25.4 Å². The smallest absolute Gasteiger partial charge is 0.192 e. The molecule has 8 heteroatoms. The number of rotatable bonds is 7. The molecule has 0 amide bonds. The van der Waals surface area contributed by atoms with Crippen molar-refractivity contribution in [3.8, 4) is 0 Å². The van der Waals surface area contributed by atoms with E-state index in [1.807, 2.05) is 24.6 Å². The fourth-order valence-corrected chi connectivity index (χ4v) is 2.96. The SMILES string of the molecule is C=CCNC(=NCc1ccc(C)cc1SC)NCc1nnc(C)n1C.I. The van der Waals surface area contributed by atoms with Crippen LogP contribution in [0.1, 0.15) is 22.8 Å². The number of nitrogens with zero attached hydrogens (tertiary/aromatic N) is 4. The Labute approximate surface area is 177 Å². The van der Waals surface area contributed by atoms with E-state index < -0.39 is 0 Å². The second-order valence-corrected chi connectivity index (χ2v) is 6.57. The van der Waals surface area contributed by atoms with Crippen LogP contribution in [-0.4, -0.2) is 33.5 Å². The summed E-state index contributed by atoms with van der Waals surface area (Å²) in [6.45, 7) is 9.60. The summed E-state index contributed by atoms with van der Waals surface area (Å²) in [4.78, 5) is 5.96. The molecule has 0 aliphatic heterocycles. The molecule has 0 saturated heterocycles. The van der Waals surface area contributed by atoms with Crippen LogP contribution in [0.5, 0.6) is 0 Å². The monoisotopic (exact) mass is 486 g/mol. The van der Waals surface area contributed by atoms with Crippen molar-refractivity contribution in [2.24, 2.45) is 12.0 Å². The second-order valence-electron chi connectivity index (χ2n) is 5.73. The van der Waals surface area contributed by atoms with Crippen LogP contribution in [0.25, 0.3) is 0 Å². The summed E-state index contributed by atoms with van der Waals surface area (Å²) >= 11 is 1.75. The molecule has 1 aromatic carbocycles. The van der Waals surface area contributed by atoms with Gasteiger partial charge in [0, 0.05) is 18.5 Å². The maximum absolute atomic E-state index is 4.70. The Hall–Kier alpha value is -1.55. The number of aryl methyl sites for hydroxylation is 2. The molecule has 0 saturated carbocycles. The van der Waals surface area contributed by atoms with Gasteiger partial charge in [0.15, 0.2) is 11.8 Å². The fourth-order valence-electron chi connectivity index (χ4n) is 2.26. The molecular formula is C18H27IN6S. The first-order chi connectivity index (χ1) is 12.0. The van der Waals surface area contributed by atoms with Gasteiger partial charge in [-0.15, -0.1) is 52.5 Å². The highest BCUT2D eigenvalue weighted by Gasteiger charge is 2.07. The van der Waals surface area contributed by atoms with Gasteiger partial charge in [-0.05, 0) is 37.3 Å². The highest BCUT2D eigenvalue weighted by atomic mass is 127. The van der Waals surface area contributed by atoms with Crippen molar-refractivity contribution in [1.29, 1.82) is 0 Å². The Morgan fingerprint density at radius 1 is 1.31 bits per heavy atom. The fraction of sp³-hybridized carbons (Fsp3) is 0.389. The van der Waals surface area contributed by atoms with Gasteiger partial charge in [0.2, 0.25) is 0 Å². The van der Waals surface area contributed by atoms with E-state index in [-0.39, 0.29) is 24.0 Å². The molecule has 0 aliphatic carbocycles. The number of halogens is 1. The minimum atomic E-state index is 0. The number of thioether (sulfide) groups is 1. The van der Waals surface area contributed by atoms with Crippen molar-refractivity contribution < 1.29 is 0 Å². The maximum Gasteiger partial charge on any atom is 0.192 e.